The summed E-state index contributed by atoms with van der Waals surface area (Å²) in [7, 11) is 0. The van der Waals surface area contributed by atoms with Crippen molar-refractivity contribution in [1.82, 2.24) is 10.6 Å². The first-order valence-corrected chi connectivity index (χ1v) is 14.4. The first-order valence-electron chi connectivity index (χ1n) is 14.4. The summed E-state index contributed by atoms with van der Waals surface area (Å²) < 4.78 is 0. The van der Waals surface area contributed by atoms with Crippen LogP contribution in [0.3, 0.4) is 0 Å². The van der Waals surface area contributed by atoms with Gasteiger partial charge < -0.3 is 20.8 Å². The Labute approximate surface area is 241 Å². The van der Waals surface area contributed by atoms with Crippen molar-refractivity contribution in [1.29, 1.82) is 0 Å². The van der Waals surface area contributed by atoms with Crippen LogP contribution in [0, 0.1) is 5.41 Å². The molecule has 4 N–H and O–H groups in total. The summed E-state index contributed by atoms with van der Waals surface area (Å²) in [6.07, 6.45) is 2.27. The molecule has 2 amide bonds. The number of rotatable bonds is 8. The van der Waals surface area contributed by atoms with Crippen molar-refractivity contribution in [3.8, 4) is 0 Å². The Kier molecular flexibility index (Phi) is 7.66. The fourth-order valence-electron chi connectivity index (χ4n) is 6.35. The lowest BCUT2D eigenvalue weighted by molar-refractivity contribution is -0.146. The van der Waals surface area contributed by atoms with E-state index in [2.05, 4.69) is 10.6 Å². The maximum atomic E-state index is 14.2. The fraction of sp³-hybridized carbons (Fsp3) is 0.371. The predicted molar refractivity (Wildman–Crippen MR) is 163 cm³/mol. The van der Waals surface area contributed by atoms with Crippen LogP contribution in [0.25, 0.3) is 21.5 Å². The Hall–Kier alpha value is -3.74. The molecule has 0 heterocycles. The van der Waals surface area contributed by atoms with Crippen LogP contribution in [0.4, 0.5) is 0 Å². The summed E-state index contributed by atoms with van der Waals surface area (Å²) in [5, 5.41) is 32.6. The van der Waals surface area contributed by atoms with Crippen molar-refractivity contribution < 1.29 is 19.8 Å². The third kappa shape index (κ3) is 5.59. The van der Waals surface area contributed by atoms with Crippen LogP contribution < -0.4 is 10.6 Å². The molecule has 214 valence electrons. The number of hydrogen-bond acceptors (Lipinski definition) is 4. The molecule has 6 nitrogen and oxygen atoms in total. The molecule has 0 bridgehead atoms. The molecule has 0 spiro atoms. The average molecular weight is 553 g/mol. The molecule has 41 heavy (non-hydrogen) atoms. The molecule has 4 aromatic rings. The second-order valence-corrected chi connectivity index (χ2v) is 12.5. The molecule has 6 heteroatoms. The molecule has 1 aliphatic carbocycles. The summed E-state index contributed by atoms with van der Waals surface area (Å²) in [6.45, 7) is 6.69. The lowest BCUT2D eigenvalue weighted by Crippen LogP contribution is -2.55. The number of benzene rings is 4. The van der Waals surface area contributed by atoms with Gasteiger partial charge in [0.05, 0.1) is 23.3 Å². The Bertz CT molecular complexity index is 1450. The van der Waals surface area contributed by atoms with E-state index in [-0.39, 0.29) is 0 Å². The maximum absolute atomic E-state index is 14.2. The van der Waals surface area contributed by atoms with E-state index in [0.717, 1.165) is 45.5 Å². The molecule has 0 radical (unpaired) electrons. The standard InChI is InChI=1S/C35H40N2O4/c1-33(2,40)29(27-19-11-15-23-13-5-7-17-25(23)27)36-31(38)35(21-9-10-22-35)32(39)37-30(34(3,4)41)28-20-12-16-24-14-6-8-18-26(24)28/h5-8,11-20,29-30,40-41H,9-10,21-22H2,1-4H3,(H,36,38)(H,37,39)/t29-,30-/m0/s1. The van der Waals surface area contributed by atoms with Gasteiger partial charge in [-0.3, -0.25) is 9.59 Å². The minimum absolute atomic E-state index is 0.396. The van der Waals surface area contributed by atoms with Gasteiger partial charge in [0.25, 0.3) is 0 Å². The molecule has 0 saturated heterocycles. The van der Waals surface area contributed by atoms with Crippen LogP contribution in [0.5, 0.6) is 0 Å². The maximum Gasteiger partial charge on any atom is 0.236 e. The highest BCUT2D eigenvalue weighted by Gasteiger charge is 2.50. The highest BCUT2D eigenvalue weighted by atomic mass is 16.3. The lowest BCUT2D eigenvalue weighted by Gasteiger charge is -2.37. The molecule has 1 fully saturated rings. The second kappa shape index (κ2) is 10.9. The highest BCUT2D eigenvalue weighted by Crippen LogP contribution is 2.42. The summed E-state index contributed by atoms with van der Waals surface area (Å²) >= 11 is 0. The number of aliphatic hydroxyl groups is 2. The van der Waals surface area contributed by atoms with E-state index in [4.69, 9.17) is 0 Å². The number of hydrogen-bond donors (Lipinski definition) is 4. The van der Waals surface area contributed by atoms with E-state index >= 15 is 0 Å². The highest BCUT2D eigenvalue weighted by molar-refractivity contribution is 6.06. The van der Waals surface area contributed by atoms with Gasteiger partial charge in [0.15, 0.2) is 0 Å². The van der Waals surface area contributed by atoms with E-state index in [0.29, 0.717) is 12.8 Å². The van der Waals surface area contributed by atoms with E-state index in [1.807, 2.05) is 84.9 Å². The number of carbonyl (C=O) groups is 2. The molecule has 4 aromatic carbocycles. The van der Waals surface area contributed by atoms with Crippen molar-refractivity contribution in [2.75, 3.05) is 0 Å². The second-order valence-electron chi connectivity index (χ2n) is 12.5. The van der Waals surface area contributed by atoms with Crippen LogP contribution in [-0.2, 0) is 9.59 Å². The molecule has 5 rings (SSSR count). The third-order valence-corrected chi connectivity index (χ3v) is 8.56. The quantitative estimate of drug-likeness (QED) is 0.198. The normalized spacial score (nSPS) is 16.8. The van der Waals surface area contributed by atoms with E-state index in [9.17, 15) is 19.8 Å². The molecule has 1 aliphatic rings. The number of carbonyl (C=O) groups excluding carboxylic acids is 2. The van der Waals surface area contributed by atoms with Gasteiger partial charge in [0, 0.05) is 0 Å². The van der Waals surface area contributed by atoms with Crippen molar-refractivity contribution >= 4 is 33.4 Å². The van der Waals surface area contributed by atoms with Crippen molar-refractivity contribution in [2.45, 2.75) is 76.7 Å². The number of nitrogens with one attached hydrogen (secondary N) is 2. The minimum Gasteiger partial charge on any atom is -0.388 e. The van der Waals surface area contributed by atoms with Crippen molar-refractivity contribution in [3.05, 3.63) is 96.1 Å². The van der Waals surface area contributed by atoms with E-state index in [1.165, 1.54) is 0 Å². The van der Waals surface area contributed by atoms with Crippen LogP contribution in [0.2, 0.25) is 0 Å². The zero-order chi connectivity index (χ0) is 29.4. The molecule has 2 atom stereocenters. The van der Waals surface area contributed by atoms with Crippen molar-refractivity contribution in [3.63, 3.8) is 0 Å². The summed E-state index contributed by atoms with van der Waals surface area (Å²) in [5.74, 6) is -0.806. The Morgan fingerprint density at radius 1 is 0.634 bits per heavy atom. The fourth-order valence-corrected chi connectivity index (χ4v) is 6.35. The largest absolute Gasteiger partial charge is 0.388 e. The Morgan fingerprint density at radius 2 is 1.00 bits per heavy atom. The molecule has 0 aliphatic heterocycles. The number of amides is 2. The first-order chi connectivity index (χ1) is 19.4. The van der Waals surface area contributed by atoms with Gasteiger partial charge in [-0.05, 0) is 73.2 Å². The smallest absolute Gasteiger partial charge is 0.236 e. The molecule has 1 saturated carbocycles. The van der Waals surface area contributed by atoms with Gasteiger partial charge in [0.1, 0.15) is 5.41 Å². The SMILES string of the molecule is CC(C)(O)[C@@H](NC(=O)C1(C(=O)N[C@@H](c2cccc3ccccc23)C(C)(C)O)CCCC1)c1cccc2ccccc12. The van der Waals surface area contributed by atoms with Gasteiger partial charge in [-0.15, -0.1) is 0 Å². The molecule has 0 aromatic heterocycles. The van der Waals surface area contributed by atoms with Crippen LogP contribution >= 0.6 is 0 Å². The third-order valence-electron chi connectivity index (χ3n) is 8.56. The van der Waals surface area contributed by atoms with E-state index < -0.39 is 40.5 Å². The Balaban J connectivity index is 1.50. The van der Waals surface area contributed by atoms with Gasteiger partial charge in [-0.1, -0.05) is 97.8 Å². The summed E-state index contributed by atoms with van der Waals surface area (Å²) in [5.41, 5.74) is -2.32. The zero-order valence-corrected chi connectivity index (χ0v) is 24.3. The average Bonchev–Trinajstić information content (AvgIpc) is 3.44. The monoisotopic (exact) mass is 552 g/mol. The van der Waals surface area contributed by atoms with E-state index in [1.54, 1.807) is 27.7 Å². The predicted octanol–water partition coefficient (Wildman–Crippen LogP) is 6.11. The molecular formula is C35H40N2O4. The molecular weight excluding hydrogens is 512 g/mol. The van der Waals surface area contributed by atoms with Crippen LogP contribution in [0.1, 0.15) is 76.6 Å². The zero-order valence-electron chi connectivity index (χ0n) is 24.3. The van der Waals surface area contributed by atoms with Crippen molar-refractivity contribution in [2.24, 2.45) is 5.41 Å². The van der Waals surface area contributed by atoms with Gasteiger partial charge in [0.2, 0.25) is 11.8 Å². The molecule has 0 unspecified atom stereocenters. The topological polar surface area (TPSA) is 98.7 Å². The Morgan fingerprint density at radius 3 is 1.39 bits per heavy atom. The first kappa shape index (κ1) is 28.8. The van der Waals surface area contributed by atoms with Gasteiger partial charge >= 0.3 is 0 Å². The summed E-state index contributed by atoms with van der Waals surface area (Å²) in [4.78, 5) is 28.4. The van der Waals surface area contributed by atoms with Gasteiger partial charge in [-0.2, -0.15) is 0 Å². The lowest BCUT2D eigenvalue weighted by atomic mass is 9.80. The van der Waals surface area contributed by atoms with Gasteiger partial charge in [-0.25, -0.2) is 0 Å². The number of fused-ring (bicyclic) bond motifs is 2. The van der Waals surface area contributed by atoms with Crippen LogP contribution in [0.15, 0.2) is 84.9 Å². The minimum atomic E-state index is -1.32. The summed E-state index contributed by atoms with van der Waals surface area (Å²) in [6, 6.07) is 25.9. The van der Waals surface area contributed by atoms with Crippen LogP contribution in [-0.4, -0.2) is 33.2 Å².